The minimum absolute atomic E-state index is 0.0414. The van der Waals surface area contributed by atoms with E-state index in [1.807, 2.05) is 31.2 Å². The predicted octanol–water partition coefficient (Wildman–Crippen LogP) is 2.80. The van der Waals surface area contributed by atoms with Gasteiger partial charge in [-0.05, 0) is 57.2 Å². The molecule has 1 fully saturated rings. The van der Waals surface area contributed by atoms with Crippen molar-refractivity contribution in [3.8, 4) is 5.75 Å². The lowest BCUT2D eigenvalue weighted by Crippen LogP contribution is -2.45. The summed E-state index contributed by atoms with van der Waals surface area (Å²) in [4.78, 5) is 39.8. The number of piperidine rings is 1. The van der Waals surface area contributed by atoms with Crippen LogP contribution in [0, 0.1) is 12.8 Å². The molecule has 1 aromatic carbocycles. The van der Waals surface area contributed by atoms with Crippen molar-refractivity contribution in [1.82, 2.24) is 9.80 Å². The van der Waals surface area contributed by atoms with Gasteiger partial charge in [0.05, 0.1) is 25.7 Å². The number of rotatable bonds is 10. The van der Waals surface area contributed by atoms with E-state index in [0.29, 0.717) is 52.0 Å². The number of carbonyl (C=O) groups excluding carboxylic acids is 3. The molecule has 0 spiro atoms. The number of likely N-dealkylation sites (N-methyl/N-ethyl adjacent to an activating group) is 1. The number of aryl methyl sites for hydroxylation is 1. The molecule has 1 saturated heterocycles. The maximum absolute atomic E-state index is 12.5. The molecule has 166 valence electrons. The molecule has 1 aromatic rings. The van der Waals surface area contributed by atoms with Crippen LogP contribution in [0.25, 0.3) is 0 Å². The number of ether oxygens (including phenoxy) is 2. The summed E-state index contributed by atoms with van der Waals surface area (Å²) in [6.07, 6.45) is 3.12. The van der Waals surface area contributed by atoms with Gasteiger partial charge in [-0.1, -0.05) is 12.1 Å². The smallest absolute Gasteiger partial charge is 0.309 e. The highest BCUT2D eigenvalue weighted by Gasteiger charge is 2.28. The first kappa shape index (κ1) is 23.7. The van der Waals surface area contributed by atoms with Crippen molar-refractivity contribution in [3.63, 3.8) is 0 Å². The van der Waals surface area contributed by atoms with Gasteiger partial charge < -0.3 is 19.3 Å². The van der Waals surface area contributed by atoms with Crippen LogP contribution in [-0.2, 0) is 19.1 Å². The molecule has 7 heteroatoms. The molecule has 0 N–H and O–H groups in total. The minimum Gasteiger partial charge on any atom is -0.494 e. The SMILES string of the molecule is CCOC(=O)C1CCN(C(=O)CN(C)C(=O)CCCCOc2cccc(C)c2)CC1. The zero-order chi connectivity index (χ0) is 21.9. The van der Waals surface area contributed by atoms with Crippen molar-refractivity contribution in [3.05, 3.63) is 29.8 Å². The molecule has 0 aromatic heterocycles. The van der Waals surface area contributed by atoms with Gasteiger partial charge in [0.2, 0.25) is 11.8 Å². The summed E-state index contributed by atoms with van der Waals surface area (Å²) in [5.41, 5.74) is 1.15. The molecule has 0 radical (unpaired) electrons. The first-order valence-corrected chi connectivity index (χ1v) is 10.8. The number of hydrogen-bond acceptors (Lipinski definition) is 5. The van der Waals surface area contributed by atoms with Crippen LogP contribution in [0.4, 0.5) is 0 Å². The molecule has 1 aliphatic heterocycles. The molecule has 1 heterocycles. The average Bonchev–Trinajstić information content (AvgIpc) is 2.73. The van der Waals surface area contributed by atoms with E-state index in [2.05, 4.69) is 0 Å². The minimum atomic E-state index is -0.178. The third kappa shape index (κ3) is 7.69. The van der Waals surface area contributed by atoms with E-state index in [0.717, 1.165) is 17.7 Å². The lowest BCUT2D eigenvalue weighted by atomic mass is 9.97. The van der Waals surface area contributed by atoms with Crippen molar-refractivity contribution in [2.75, 3.05) is 39.9 Å². The van der Waals surface area contributed by atoms with E-state index in [1.165, 1.54) is 4.90 Å². The van der Waals surface area contributed by atoms with Gasteiger partial charge in [0.25, 0.3) is 0 Å². The fourth-order valence-electron chi connectivity index (χ4n) is 3.48. The second-order valence-electron chi connectivity index (χ2n) is 7.78. The highest BCUT2D eigenvalue weighted by molar-refractivity contribution is 5.85. The average molecular weight is 419 g/mol. The van der Waals surface area contributed by atoms with Gasteiger partial charge >= 0.3 is 5.97 Å². The number of hydrogen-bond donors (Lipinski definition) is 0. The number of nitrogens with zero attached hydrogens (tertiary/aromatic N) is 2. The zero-order valence-corrected chi connectivity index (χ0v) is 18.4. The summed E-state index contributed by atoms with van der Waals surface area (Å²) >= 11 is 0. The molecule has 0 aliphatic carbocycles. The Balaban J connectivity index is 1.61. The zero-order valence-electron chi connectivity index (χ0n) is 18.4. The highest BCUT2D eigenvalue weighted by atomic mass is 16.5. The van der Waals surface area contributed by atoms with Gasteiger partial charge in [0.15, 0.2) is 0 Å². The normalized spacial score (nSPS) is 14.3. The number of benzene rings is 1. The van der Waals surface area contributed by atoms with Crippen molar-refractivity contribution in [2.45, 2.75) is 46.0 Å². The Morgan fingerprint density at radius 2 is 1.90 bits per heavy atom. The molecule has 2 rings (SSSR count). The van der Waals surface area contributed by atoms with Crippen molar-refractivity contribution >= 4 is 17.8 Å². The summed E-state index contributed by atoms with van der Waals surface area (Å²) < 4.78 is 10.7. The molecule has 30 heavy (non-hydrogen) atoms. The Hall–Kier alpha value is -2.57. The molecule has 2 amide bonds. The number of likely N-dealkylation sites (tertiary alicyclic amines) is 1. The van der Waals surface area contributed by atoms with Gasteiger partial charge in [0, 0.05) is 26.6 Å². The number of carbonyl (C=O) groups is 3. The van der Waals surface area contributed by atoms with Gasteiger partial charge in [-0.15, -0.1) is 0 Å². The summed E-state index contributed by atoms with van der Waals surface area (Å²) in [5.74, 6) is 0.422. The van der Waals surface area contributed by atoms with Crippen LogP contribution >= 0.6 is 0 Å². The maximum atomic E-state index is 12.5. The maximum Gasteiger partial charge on any atom is 0.309 e. The summed E-state index contributed by atoms with van der Waals surface area (Å²) in [6.45, 7) is 5.88. The second kappa shape index (κ2) is 12.2. The third-order valence-electron chi connectivity index (χ3n) is 5.31. The standard InChI is InChI=1S/C23H34N2O5/c1-4-29-23(28)19-11-13-25(14-12-19)22(27)17-24(3)21(26)10-5-6-15-30-20-9-7-8-18(2)16-20/h7-9,16,19H,4-6,10-15,17H2,1-3H3. The lowest BCUT2D eigenvalue weighted by Gasteiger charge is -2.32. The fraction of sp³-hybridized carbons (Fsp3) is 0.609. The monoisotopic (exact) mass is 418 g/mol. The second-order valence-corrected chi connectivity index (χ2v) is 7.78. The molecule has 0 unspecified atom stereocenters. The number of unbranched alkanes of at least 4 members (excludes halogenated alkanes) is 1. The number of esters is 1. The molecule has 0 atom stereocenters. The third-order valence-corrected chi connectivity index (χ3v) is 5.31. The molecular weight excluding hydrogens is 384 g/mol. The Morgan fingerprint density at radius 3 is 2.57 bits per heavy atom. The lowest BCUT2D eigenvalue weighted by molar-refractivity contribution is -0.151. The Morgan fingerprint density at radius 1 is 1.17 bits per heavy atom. The van der Waals surface area contributed by atoms with Crippen LogP contribution in [0.3, 0.4) is 0 Å². The summed E-state index contributed by atoms with van der Waals surface area (Å²) in [5, 5.41) is 0. The van der Waals surface area contributed by atoms with Crippen LogP contribution in [-0.4, -0.2) is 67.5 Å². The van der Waals surface area contributed by atoms with Crippen LogP contribution in [0.1, 0.15) is 44.6 Å². The number of amides is 2. The van der Waals surface area contributed by atoms with E-state index >= 15 is 0 Å². The fourth-order valence-corrected chi connectivity index (χ4v) is 3.48. The van der Waals surface area contributed by atoms with Gasteiger partial charge in [-0.25, -0.2) is 0 Å². The highest BCUT2D eigenvalue weighted by Crippen LogP contribution is 2.19. The molecule has 0 bridgehead atoms. The molecular formula is C23H34N2O5. The van der Waals surface area contributed by atoms with Crippen molar-refractivity contribution < 1.29 is 23.9 Å². The van der Waals surface area contributed by atoms with Crippen molar-refractivity contribution in [1.29, 1.82) is 0 Å². The van der Waals surface area contributed by atoms with E-state index < -0.39 is 0 Å². The molecule has 1 aliphatic rings. The van der Waals surface area contributed by atoms with E-state index in [9.17, 15) is 14.4 Å². The van der Waals surface area contributed by atoms with Crippen LogP contribution in [0.15, 0.2) is 24.3 Å². The van der Waals surface area contributed by atoms with Gasteiger partial charge in [-0.3, -0.25) is 14.4 Å². The molecule has 0 saturated carbocycles. The van der Waals surface area contributed by atoms with E-state index in [-0.39, 0.29) is 30.2 Å². The van der Waals surface area contributed by atoms with E-state index in [4.69, 9.17) is 9.47 Å². The predicted molar refractivity (Wildman–Crippen MR) is 114 cm³/mol. The topological polar surface area (TPSA) is 76.2 Å². The summed E-state index contributed by atoms with van der Waals surface area (Å²) in [7, 11) is 1.66. The first-order valence-electron chi connectivity index (χ1n) is 10.8. The quantitative estimate of drug-likeness (QED) is 0.431. The Labute approximate surface area is 179 Å². The van der Waals surface area contributed by atoms with Gasteiger partial charge in [0.1, 0.15) is 5.75 Å². The molecule has 7 nitrogen and oxygen atoms in total. The van der Waals surface area contributed by atoms with E-state index in [1.54, 1.807) is 18.9 Å². The largest absolute Gasteiger partial charge is 0.494 e. The first-order chi connectivity index (χ1) is 14.4. The van der Waals surface area contributed by atoms with Gasteiger partial charge in [-0.2, -0.15) is 0 Å². The summed E-state index contributed by atoms with van der Waals surface area (Å²) in [6, 6.07) is 7.89. The van der Waals surface area contributed by atoms with Crippen molar-refractivity contribution in [2.24, 2.45) is 5.92 Å². The van der Waals surface area contributed by atoms with Crippen LogP contribution in [0.5, 0.6) is 5.75 Å². The van der Waals surface area contributed by atoms with Crippen LogP contribution in [0.2, 0.25) is 0 Å². The Kier molecular flexibility index (Phi) is 9.64. The van der Waals surface area contributed by atoms with Crippen LogP contribution < -0.4 is 4.74 Å². The Bertz CT molecular complexity index is 713.